The maximum atomic E-state index is 12.5. The van der Waals surface area contributed by atoms with Crippen LogP contribution < -0.4 is 5.32 Å². The zero-order valence-corrected chi connectivity index (χ0v) is 14.7. The Kier molecular flexibility index (Phi) is 5.61. The van der Waals surface area contributed by atoms with E-state index in [4.69, 9.17) is 0 Å². The highest BCUT2D eigenvalue weighted by Crippen LogP contribution is 2.20. The predicted molar refractivity (Wildman–Crippen MR) is 94.9 cm³/mol. The fourth-order valence-electron chi connectivity index (χ4n) is 2.31. The number of hydrogen-bond donors (Lipinski definition) is 1. The van der Waals surface area contributed by atoms with E-state index in [0.29, 0.717) is 6.54 Å². The van der Waals surface area contributed by atoms with E-state index in [0.717, 1.165) is 21.3 Å². The molecule has 0 heterocycles. The summed E-state index contributed by atoms with van der Waals surface area (Å²) >= 11 is 3.48. The van der Waals surface area contributed by atoms with Crippen molar-refractivity contribution in [2.45, 2.75) is 26.4 Å². The fourth-order valence-corrected chi connectivity index (χ4v) is 2.56. The monoisotopic (exact) mass is 360 g/mol. The molecule has 2 aromatic rings. The third kappa shape index (κ3) is 4.34. The second-order valence-corrected chi connectivity index (χ2v) is 6.36. The molecule has 2 aromatic carbocycles. The second kappa shape index (κ2) is 7.45. The Balaban J connectivity index is 1.97. The topological polar surface area (TPSA) is 32.3 Å². The van der Waals surface area contributed by atoms with Crippen molar-refractivity contribution in [1.82, 2.24) is 4.90 Å². The van der Waals surface area contributed by atoms with Crippen molar-refractivity contribution in [2.24, 2.45) is 0 Å². The minimum atomic E-state index is -0.269. The van der Waals surface area contributed by atoms with E-state index >= 15 is 0 Å². The Morgan fingerprint density at radius 2 is 1.91 bits per heavy atom. The SMILES string of the molecule is Cc1cc(N[C@@H](C)C(=O)N(C)Cc2ccccc2)ccc1Br. The van der Waals surface area contributed by atoms with Gasteiger partial charge in [0.25, 0.3) is 0 Å². The zero-order valence-electron chi connectivity index (χ0n) is 13.1. The van der Waals surface area contributed by atoms with E-state index in [1.165, 1.54) is 0 Å². The van der Waals surface area contributed by atoms with E-state index in [-0.39, 0.29) is 11.9 Å². The molecule has 22 heavy (non-hydrogen) atoms. The molecule has 3 nitrogen and oxygen atoms in total. The van der Waals surface area contributed by atoms with Crippen molar-refractivity contribution in [3.63, 3.8) is 0 Å². The van der Waals surface area contributed by atoms with Crippen LogP contribution in [0, 0.1) is 6.92 Å². The van der Waals surface area contributed by atoms with E-state index in [9.17, 15) is 4.79 Å². The van der Waals surface area contributed by atoms with Crippen LogP contribution in [0.25, 0.3) is 0 Å². The molecule has 0 fully saturated rings. The van der Waals surface area contributed by atoms with E-state index in [1.807, 2.05) is 69.4 Å². The first-order valence-electron chi connectivity index (χ1n) is 7.29. The normalized spacial score (nSPS) is 11.8. The standard InChI is InChI=1S/C18H21BrN2O/c1-13-11-16(9-10-17(13)19)20-14(2)18(22)21(3)12-15-7-5-4-6-8-15/h4-11,14,20H,12H2,1-3H3/t14-/m0/s1. The van der Waals surface area contributed by atoms with Gasteiger partial charge in [0.2, 0.25) is 5.91 Å². The molecule has 0 aliphatic carbocycles. The first-order valence-corrected chi connectivity index (χ1v) is 8.08. The van der Waals surface area contributed by atoms with Gasteiger partial charge >= 0.3 is 0 Å². The molecule has 1 atom stereocenters. The van der Waals surface area contributed by atoms with Gasteiger partial charge in [-0.25, -0.2) is 0 Å². The minimum Gasteiger partial charge on any atom is -0.374 e. The van der Waals surface area contributed by atoms with Crippen molar-refractivity contribution in [3.05, 3.63) is 64.1 Å². The second-order valence-electron chi connectivity index (χ2n) is 5.51. The summed E-state index contributed by atoms with van der Waals surface area (Å²) in [6.45, 7) is 4.54. The smallest absolute Gasteiger partial charge is 0.244 e. The van der Waals surface area contributed by atoms with Crippen LogP contribution in [0.2, 0.25) is 0 Å². The average molecular weight is 361 g/mol. The van der Waals surface area contributed by atoms with Crippen LogP contribution in [0.3, 0.4) is 0 Å². The summed E-state index contributed by atoms with van der Waals surface area (Å²) in [5.74, 6) is 0.0735. The van der Waals surface area contributed by atoms with Gasteiger partial charge in [-0.3, -0.25) is 4.79 Å². The van der Waals surface area contributed by atoms with Gasteiger partial charge < -0.3 is 10.2 Å². The number of likely N-dealkylation sites (N-methyl/N-ethyl adjacent to an activating group) is 1. The molecule has 0 aromatic heterocycles. The number of halogens is 1. The van der Waals surface area contributed by atoms with Crippen molar-refractivity contribution in [3.8, 4) is 0 Å². The Morgan fingerprint density at radius 1 is 1.23 bits per heavy atom. The summed E-state index contributed by atoms with van der Waals surface area (Å²) in [5.41, 5.74) is 3.22. The number of carbonyl (C=O) groups is 1. The molecule has 0 unspecified atom stereocenters. The lowest BCUT2D eigenvalue weighted by Crippen LogP contribution is -2.38. The number of nitrogens with one attached hydrogen (secondary N) is 1. The number of nitrogens with zero attached hydrogens (tertiary/aromatic N) is 1. The molecule has 1 amide bonds. The molecule has 0 bridgehead atoms. The van der Waals surface area contributed by atoms with Gasteiger partial charge in [-0.2, -0.15) is 0 Å². The number of aryl methyl sites for hydroxylation is 1. The average Bonchev–Trinajstić information content (AvgIpc) is 2.51. The Bertz CT molecular complexity index is 643. The van der Waals surface area contributed by atoms with Crippen LogP contribution >= 0.6 is 15.9 Å². The summed E-state index contributed by atoms with van der Waals surface area (Å²) in [6, 6.07) is 15.7. The Labute approximate surface area is 140 Å². The highest BCUT2D eigenvalue weighted by Gasteiger charge is 2.17. The quantitative estimate of drug-likeness (QED) is 0.865. The van der Waals surface area contributed by atoms with Gasteiger partial charge in [-0.15, -0.1) is 0 Å². The molecular formula is C18H21BrN2O. The highest BCUT2D eigenvalue weighted by atomic mass is 79.9. The highest BCUT2D eigenvalue weighted by molar-refractivity contribution is 9.10. The van der Waals surface area contributed by atoms with Crippen LogP contribution in [0.4, 0.5) is 5.69 Å². The Hall–Kier alpha value is -1.81. The maximum absolute atomic E-state index is 12.5. The van der Waals surface area contributed by atoms with Crippen LogP contribution in [0.15, 0.2) is 53.0 Å². The lowest BCUT2D eigenvalue weighted by molar-refractivity contribution is -0.130. The molecule has 0 spiro atoms. The van der Waals surface area contributed by atoms with Crippen LogP contribution in [0.1, 0.15) is 18.1 Å². The summed E-state index contributed by atoms with van der Waals surface area (Å²) < 4.78 is 1.07. The van der Waals surface area contributed by atoms with E-state index < -0.39 is 0 Å². The molecule has 0 saturated carbocycles. The maximum Gasteiger partial charge on any atom is 0.244 e. The molecule has 1 N–H and O–H groups in total. The molecule has 4 heteroatoms. The first kappa shape index (κ1) is 16.6. The van der Waals surface area contributed by atoms with Gasteiger partial charge in [0, 0.05) is 23.8 Å². The number of amides is 1. The zero-order chi connectivity index (χ0) is 16.1. The fraction of sp³-hybridized carbons (Fsp3) is 0.278. The Morgan fingerprint density at radius 3 is 2.55 bits per heavy atom. The molecule has 2 rings (SSSR count). The number of hydrogen-bond acceptors (Lipinski definition) is 2. The largest absolute Gasteiger partial charge is 0.374 e. The minimum absolute atomic E-state index is 0.0735. The van der Waals surface area contributed by atoms with Crippen molar-refractivity contribution < 1.29 is 4.79 Å². The van der Waals surface area contributed by atoms with Crippen molar-refractivity contribution >= 4 is 27.5 Å². The molecule has 0 radical (unpaired) electrons. The summed E-state index contributed by atoms with van der Waals surface area (Å²) in [7, 11) is 1.83. The third-order valence-corrected chi connectivity index (χ3v) is 4.44. The van der Waals surface area contributed by atoms with Gasteiger partial charge in [-0.1, -0.05) is 46.3 Å². The summed E-state index contributed by atoms with van der Waals surface area (Å²) in [6.07, 6.45) is 0. The van der Waals surface area contributed by atoms with Gasteiger partial charge in [0.05, 0.1) is 0 Å². The van der Waals surface area contributed by atoms with Crippen LogP contribution in [0.5, 0.6) is 0 Å². The molecule has 116 valence electrons. The molecule has 0 aliphatic rings. The number of carbonyl (C=O) groups excluding carboxylic acids is 1. The molecule has 0 saturated heterocycles. The van der Waals surface area contributed by atoms with Crippen molar-refractivity contribution in [1.29, 1.82) is 0 Å². The molecule has 0 aliphatic heterocycles. The number of anilines is 1. The number of rotatable bonds is 5. The lowest BCUT2D eigenvalue weighted by atomic mass is 10.2. The van der Waals surface area contributed by atoms with Gasteiger partial charge in [-0.05, 0) is 43.2 Å². The van der Waals surface area contributed by atoms with Crippen LogP contribution in [-0.4, -0.2) is 23.9 Å². The van der Waals surface area contributed by atoms with Crippen LogP contribution in [-0.2, 0) is 11.3 Å². The third-order valence-electron chi connectivity index (χ3n) is 3.55. The van der Waals surface area contributed by atoms with E-state index in [1.54, 1.807) is 4.90 Å². The summed E-state index contributed by atoms with van der Waals surface area (Å²) in [5, 5.41) is 3.26. The van der Waals surface area contributed by atoms with Crippen molar-refractivity contribution in [2.75, 3.05) is 12.4 Å². The lowest BCUT2D eigenvalue weighted by Gasteiger charge is -2.23. The molecular weight excluding hydrogens is 340 g/mol. The van der Waals surface area contributed by atoms with Gasteiger partial charge in [0.1, 0.15) is 6.04 Å². The first-order chi connectivity index (χ1) is 10.5. The van der Waals surface area contributed by atoms with Gasteiger partial charge in [0.15, 0.2) is 0 Å². The van der Waals surface area contributed by atoms with E-state index in [2.05, 4.69) is 21.2 Å². The summed E-state index contributed by atoms with van der Waals surface area (Å²) in [4.78, 5) is 14.2. The number of benzene rings is 2. The predicted octanol–water partition coefficient (Wildman–Crippen LogP) is 4.22.